The van der Waals surface area contributed by atoms with Crippen molar-refractivity contribution in [2.75, 3.05) is 37.7 Å². The minimum absolute atomic E-state index is 0.00274. The molecule has 9 nitrogen and oxygen atoms in total. The third kappa shape index (κ3) is 5.19. The molecule has 3 heterocycles. The number of carbonyl (C=O) groups excluding carboxylic acids is 3. The summed E-state index contributed by atoms with van der Waals surface area (Å²) >= 11 is 3.75. The lowest BCUT2D eigenvalue weighted by Gasteiger charge is -2.41. The van der Waals surface area contributed by atoms with E-state index in [-0.39, 0.29) is 48.3 Å². The molecule has 0 radical (unpaired) electrons. The van der Waals surface area contributed by atoms with Crippen molar-refractivity contribution in [1.82, 2.24) is 9.80 Å². The third-order valence-corrected chi connectivity index (χ3v) is 10.2. The van der Waals surface area contributed by atoms with Crippen molar-refractivity contribution in [1.29, 1.82) is 0 Å². The molecule has 4 fully saturated rings. The first kappa shape index (κ1) is 30.8. The van der Waals surface area contributed by atoms with E-state index in [1.807, 2.05) is 36.1 Å². The van der Waals surface area contributed by atoms with Crippen molar-refractivity contribution in [3.8, 4) is 5.75 Å². The molecule has 228 valence electrons. The van der Waals surface area contributed by atoms with Crippen molar-refractivity contribution >= 4 is 39.3 Å². The largest absolute Gasteiger partial charge is 0.494 e. The molecule has 4 aliphatic rings. The molecule has 1 spiro atoms. The van der Waals surface area contributed by atoms with Crippen LogP contribution in [-0.4, -0.2) is 94.1 Å². The molecule has 6 atom stereocenters. The van der Waals surface area contributed by atoms with Gasteiger partial charge in [-0.25, -0.2) is 0 Å². The van der Waals surface area contributed by atoms with Gasteiger partial charge in [-0.05, 0) is 50.5 Å². The quantitative estimate of drug-likeness (QED) is 0.276. The topological polar surface area (TPSA) is 99.6 Å². The highest BCUT2D eigenvalue weighted by Gasteiger charge is 2.77. The van der Waals surface area contributed by atoms with E-state index in [2.05, 4.69) is 29.1 Å². The molecule has 3 aliphatic heterocycles. The second-order valence-electron chi connectivity index (χ2n) is 11.7. The summed E-state index contributed by atoms with van der Waals surface area (Å²) in [6.45, 7) is 10.5. The fourth-order valence-corrected chi connectivity index (χ4v) is 8.61. The van der Waals surface area contributed by atoms with E-state index >= 15 is 0 Å². The molecule has 1 aliphatic carbocycles. The molecule has 1 aromatic rings. The number of carbonyl (C=O) groups is 3. The number of benzene rings is 1. The van der Waals surface area contributed by atoms with Crippen molar-refractivity contribution in [2.24, 2.45) is 11.8 Å². The predicted molar refractivity (Wildman–Crippen MR) is 163 cm³/mol. The van der Waals surface area contributed by atoms with Crippen molar-refractivity contribution in [3.05, 3.63) is 49.6 Å². The Labute approximate surface area is 256 Å². The maximum Gasteiger partial charge on any atom is 0.248 e. The van der Waals surface area contributed by atoms with Gasteiger partial charge in [0.1, 0.15) is 17.4 Å². The SMILES string of the molecule is C=CCN(C(=O)[C@H]1[C@H]2C(=O)N(CCO)C(C(=O)N(CC=C)C3CCCCC3)C23CC(Br)[C@@H]1O3)c1ccc(OCC)cc1. The number of likely N-dealkylation sites (tertiary alicyclic amines) is 1. The molecular formula is C32H42BrN3O6. The van der Waals surface area contributed by atoms with Crippen LogP contribution >= 0.6 is 15.9 Å². The third-order valence-electron chi connectivity index (χ3n) is 9.31. The van der Waals surface area contributed by atoms with E-state index in [1.165, 1.54) is 4.90 Å². The molecule has 10 heteroatoms. The maximum atomic E-state index is 14.5. The monoisotopic (exact) mass is 643 g/mol. The van der Waals surface area contributed by atoms with E-state index in [4.69, 9.17) is 9.47 Å². The minimum Gasteiger partial charge on any atom is -0.494 e. The van der Waals surface area contributed by atoms with Gasteiger partial charge >= 0.3 is 0 Å². The van der Waals surface area contributed by atoms with Gasteiger partial charge in [-0.3, -0.25) is 14.4 Å². The average Bonchev–Trinajstić information content (AvgIpc) is 3.58. The number of alkyl halides is 1. The summed E-state index contributed by atoms with van der Waals surface area (Å²) in [7, 11) is 0. The summed E-state index contributed by atoms with van der Waals surface area (Å²) in [6, 6.07) is 6.40. The van der Waals surface area contributed by atoms with Crippen LogP contribution in [0, 0.1) is 11.8 Å². The molecule has 3 saturated heterocycles. The Morgan fingerprint density at radius 1 is 1.14 bits per heavy atom. The Morgan fingerprint density at radius 2 is 1.83 bits per heavy atom. The first-order valence-electron chi connectivity index (χ1n) is 15.1. The highest BCUT2D eigenvalue weighted by atomic mass is 79.9. The van der Waals surface area contributed by atoms with Gasteiger partial charge in [0.05, 0.1) is 31.2 Å². The summed E-state index contributed by atoms with van der Waals surface area (Å²) in [4.78, 5) is 47.9. The van der Waals surface area contributed by atoms with Crippen LogP contribution in [0.4, 0.5) is 5.69 Å². The van der Waals surface area contributed by atoms with Gasteiger partial charge in [0.25, 0.3) is 0 Å². The molecule has 5 rings (SSSR count). The van der Waals surface area contributed by atoms with Gasteiger partial charge in [-0.15, -0.1) is 13.2 Å². The standard InChI is InChI=1S/C32H42BrN3O6/c1-4-16-34(22-12-14-23(15-13-22)41-6-3)29(38)25-26-30(39)36(18-19-37)28(32(26)20-24(33)27(25)42-32)31(40)35(17-5-2)21-10-8-7-9-11-21/h4-5,12-15,21,24-28,37H,1-2,6-11,16-20H2,3H3/t24?,25-,26-,27-,28?,32?/m0/s1. The van der Waals surface area contributed by atoms with Gasteiger partial charge in [-0.1, -0.05) is 47.3 Å². The molecule has 1 aromatic carbocycles. The fourth-order valence-electron chi connectivity index (χ4n) is 7.67. The fraction of sp³-hybridized carbons (Fsp3) is 0.594. The Hall–Kier alpha value is -2.69. The lowest BCUT2D eigenvalue weighted by atomic mass is 9.70. The van der Waals surface area contributed by atoms with Crippen molar-refractivity contribution in [3.63, 3.8) is 0 Å². The number of β-amino-alcohol motifs (C(OH)–C–C–N with tert-alkyl or cyclic N) is 1. The van der Waals surface area contributed by atoms with Crippen LogP contribution in [0.5, 0.6) is 5.75 Å². The summed E-state index contributed by atoms with van der Waals surface area (Å²) in [6.07, 6.45) is 8.28. The number of hydrogen-bond acceptors (Lipinski definition) is 6. The number of hydrogen-bond donors (Lipinski definition) is 1. The first-order chi connectivity index (χ1) is 20.3. The lowest BCUT2D eigenvalue weighted by Crippen LogP contribution is -2.59. The zero-order valence-corrected chi connectivity index (χ0v) is 25.9. The zero-order chi connectivity index (χ0) is 30.0. The summed E-state index contributed by atoms with van der Waals surface area (Å²) in [5, 5.41) is 9.98. The van der Waals surface area contributed by atoms with Gasteiger partial charge in [-0.2, -0.15) is 0 Å². The number of nitrogens with zero attached hydrogens (tertiary/aromatic N) is 3. The molecule has 2 bridgehead atoms. The highest BCUT2D eigenvalue weighted by molar-refractivity contribution is 9.09. The average molecular weight is 645 g/mol. The van der Waals surface area contributed by atoms with Gasteiger partial charge in [0, 0.05) is 36.2 Å². The number of anilines is 1. The number of fused-ring (bicyclic) bond motifs is 1. The van der Waals surface area contributed by atoms with E-state index < -0.39 is 29.6 Å². The van der Waals surface area contributed by atoms with E-state index in [0.717, 1.165) is 32.1 Å². The molecule has 1 N–H and O–H groups in total. The zero-order valence-electron chi connectivity index (χ0n) is 24.3. The second-order valence-corrected chi connectivity index (χ2v) is 12.8. The number of aliphatic hydroxyl groups is 1. The van der Waals surface area contributed by atoms with Crippen LogP contribution < -0.4 is 9.64 Å². The Balaban J connectivity index is 1.51. The maximum absolute atomic E-state index is 14.5. The number of rotatable bonds is 12. The summed E-state index contributed by atoms with van der Waals surface area (Å²) in [5.41, 5.74) is -0.513. The molecule has 0 aromatic heterocycles. The number of aliphatic hydroxyl groups excluding tert-OH is 1. The number of ether oxygens (including phenoxy) is 2. The van der Waals surface area contributed by atoms with Crippen LogP contribution in [0.15, 0.2) is 49.6 Å². The number of halogens is 1. The van der Waals surface area contributed by atoms with Crippen LogP contribution in [-0.2, 0) is 19.1 Å². The van der Waals surface area contributed by atoms with E-state index in [9.17, 15) is 19.5 Å². The van der Waals surface area contributed by atoms with Crippen LogP contribution in [0.2, 0.25) is 0 Å². The highest BCUT2D eigenvalue weighted by Crippen LogP contribution is 2.60. The van der Waals surface area contributed by atoms with Crippen molar-refractivity contribution < 1.29 is 29.0 Å². The van der Waals surface area contributed by atoms with Gasteiger partial charge in [0.2, 0.25) is 17.7 Å². The van der Waals surface area contributed by atoms with Crippen LogP contribution in [0.3, 0.4) is 0 Å². The molecule has 1 saturated carbocycles. The molecule has 3 amide bonds. The second kappa shape index (κ2) is 12.9. The Bertz CT molecular complexity index is 1190. The minimum atomic E-state index is -1.17. The normalized spacial score (nSPS) is 30.2. The van der Waals surface area contributed by atoms with Gasteiger partial charge < -0.3 is 29.3 Å². The smallest absolute Gasteiger partial charge is 0.248 e. The number of amides is 3. The van der Waals surface area contributed by atoms with Crippen molar-refractivity contribution in [2.45, 2.75) is 74.1 Å². The Kier molecular flexibility index (Phi) is 9.44. The lowest BCUT2D eigenvalue weighted by molar-refractivity contribution is -0.150. The predicted octanol–water partition coefficient (Wildman–Crippen LogP) is 3.69. The Morgan fingerprint density at radius 3 is 2.45 bits per heavy atom. The van der Waals surface area contributed by atoms with E-state index in [1.54, 1.807) is 17.1 Å². The van der Waals surface area contributed by atoms with E-state index in [0.29, 0.717) is 31.0 Å². The molecule has 3 unspecified atom stereocenters. The summed E-state index contributed by atoms with van der Waals surface area (Å²) in [5.74, 6) is -1.69. The van der Waals surface area contributed by atoms with Crippen LogP contribution in [0.25, 0.3) is 0 Å². The molecule has 42 heavy (non-hydrogen) atoms. The van der Waals surface area contributed by atoms with Gasteiger partial charge in [0.15, 0.2) is 0 Å². The first-order valence-corrected chi connectivity index (χ1v) is 16.0. The van der Waals surface area contributed by atoms with Crippen LogP contribution in [0.1, 0.15) is 45.4 Å². The summed E-state index contributed by atoms with van der Waals surface area (Å²) < 4.78 is 12.3. The molecular weight excluding hydrogens is 602 g/mol.